The number of urea groups is 1. The van der Waals surface area contributed by atoms with E-state index in [0.717, 1.165) is 12.1 Å². The molecule has 1 heterocycles. The summed E-state index contributed by atoms with van der Waals surface area (Å²) in [6.45, 7) is 0. The molecule has 0 aliphatic heterocycles. The molecule has 3 rings (SSSR count). The minimum Gasteiger partial charge on any atom is -0.439 e. The molecular weight excluding hydrogens is 451 g/mol. The van der Waals surface area contributed by atoms with E-state index in [1.807, 2.05) is 0 Å². The standard InChI is InChI=1S/C20H15ClF3N5O3/c1-25-18(30)16-9-17(27-10-26-16)32-13-5-2-11(3-6-13)28-19(31)29-12-4-7-15(21)14(8-12)20(22,23)24/h2-10H,1H3,(H,25,30)(H2,28,29,31). The van der Waals surface area contributed by atoms with Crippen LogP contribution in [0.1, 0.15) is 16.1 Å². The summed E-state index contributed by atoms with van der Waals surface area (Å²) in [6.07, 6.45) is -3.47. The molecule has 0 fully saturated rings. The number of rotatable bonds is 5. The molecular formula is C20H15ClF3N5O3. The first-order valence-corrected chi connectivity index (χ1v) is 9.30. The molecule has 0 atom stereocenters. The number of carbonyl (C=O) groups is 2. The fourth-order valence-electron chi connectivity index (χ4n) is 2.49. The number of hydrogen-bond donors (Lipinski definition) is 3. The van der Waals surface area contributed by atoms with E-state index < -0.39 is 28.7 Å². The highest BCUT2D eigenvalue weighted by Crippen LogP contribution is 2.36. The van der Waals surface area contributed by atoms with Crippen molar-refractivity contribution in [2.75, 3.05) is 17.7 Å². The number of nitrogens with one attached hydrogen (secondary N) is 3. The van der Waals surface area contributed by atoms with E-state index in [4.69, 9.17) is 16.3 Å². The Bertz CT molecular complexity index is 1140. The molecule has 166 valence electrons. The van der Waals surface area contributed by atoms with Gasteiger partial charge in [-0.1, -0.05) is 11.6 Å². The molecule has 3 amide bonds. The lowest BCUT2D eigenvalue weighted by Crippen LogP contribution is -2.20. The summed E-state index contributed by atoms with van der Waals surface area (Å²) in [5.41, 5.74) is -0.644. The van der Waals surface area contributed by atoms with Gasteiger partial charge in [-0.05, 0) is 42.5 Å². The molecule has 0 saturated heterocycles. The number of anilines is 2. The zero-order valence-corrected chi connectivity index (χ0v) is 17.1. The number of ether oxygens (including phenoxy) is 1. The zero-order valence-electron chi connectivity index (χ0n) is 16.3. The third-order valence-corrected chi connectivity index (χ3v) is 4.30. The Balaban J connectivity index is 1.62. The third-order valence-electron chi connectivity index (χ3n) is 3.97. The number of amides is 3. The molecule has 0 saturated carbocycles. The lowest BCUT2D eigenvalue weighted by Gasteiger charge is -2.12. The number of hydrogen-bond acceptors (Lipinski definition) is 5. The highest BCUT2D eigenvalue weighted by Gasteiger charge is 2.33. The van der Waals surface area contributed by atoms with Gasteiger partial charge >= 0.3 is 12.2 Å². The van der Waals surface area contributed by atoms with Crippen LogP contribution in [0, 0.1) is 0 Å². The average Bonchev–Trinajstić information content (AvgIpc) is 2.75. The van der Waals surface area contributed by atoms with Crippen LogP contribution in [-0.4, -0.2) is 29.0 Å². The normalized spacial score (nSPS) is 10.9. The van der Waals surface area contributed by atoms with Crippen molar-refractivity contribution >= 4 is 34.9 Å². The predicted octanol–water partition coefficient (Wildman–Crippen LogP) is 4.94. The quantitative estimate of drug-likeness (QED) is 0.494. The number of aromatic nitrogens is 2. The van der Waals surface area contributed by atoms with Crippen LogP contribution in [0.4, 0.5) is 29.3 Å². The van der Waals surface area contributed by atoms with Crippen LogP contribution in [0.5, 0.6) is 11.6 Å². The second-order valence-electron chi connectivity index (χ2n) is 6.22. The lowest BCUT2D eigenvalue weighted by atomic mass is 10.2. The van der Waals surface area contributed by atoms with Crippen molar-refractivity contribution in [2.24, 2.45) is 0 Å². The largest absolute Gasteiger partial charge is 0.439 e. The van der Waals surface area contributed by atoms with Crippen LogP contribution in [0.25, 0.3) is 0 Å². The van der Waals surface area contributed by atoms with Crippen molar-refractivity contribution in [1.82, 2.24) is 15.3 Å². The third kappa shape index (κ3) is 5.85. The van der Waals surface area contributed by atoms with Gasteiger partial charge in [0.1, 0.15) is 17.8 Å². The Morgan fingerprint density at radius 3 is 2.28 bits per heavy atom. The molecule has 1 aromatic heterocycles. The molecule has 2 aromatic carbocycles. The van der Waals surface area contributed by atoms with Crippen LogP contribution in [0.2, 0.25) is 5.02 Å². The summed E-state index contributed by atoms with van der Waals surface area (Å²) in [7, 11) is 1.47. The maximum Gasteiger partial charge on any atom is 0.417 e. The summed E-state index contributed by atoms with van der Waals surface area (Å²) in [4.78, 5) is 31.5. The van der Waals surface area contributed by atoms with Gasteiger partial charge in [-0.2, -0.15) is 13.2 Å². The van der Waals surface area contributed by atoms with Gasteiger partial charge in [-0.15, -0.1) is 0 Å². The molecule has 32 heavy (non-hydrogen) atoms. The van der Waals surface area contributed by atoms with Gasteiger partial charge in [0.25, 0.3) is 5.91 Å². The fraction of sp³-hybridized carbons (Fsp3) is 0.100. The van der Waals surface area contributed by atoms with E-state index in [1.165, 1.54) is 49.8 Å². The van der Waals surface area contributed by atoms with E-state index in [9.17, 15) is 22.8 Å². The lowest BCUT2D eigenvalue weighted by molar-refractivity contribution is -0.137. The summed E-state index contributed by atoms with van der Waals surface area (Å²) < 4.78 is 44.4. The molecule has 3 aromatic rings. The van der Waals surface area contributed by atoms with Gasteiger partial charge < -0.3 is 20.7 Å². The zero-order chi connectivity index (χ0) is 23.3. The first-order valence-electron chi connectivity index (χ1n) is 8.92. The summed E-state index contributed by atoms with van der Waals surface area (Å²) in [5, 5.41) is 6.77. The predicted molar refractivity (Wildman–Crippen MR) is 111 cm³/mol. The van der Waals surface area contributed by atoms with E-state index in [2.05, 4.69) is 25.9 Å². The average molecular weight is 466 g/mol. The fourth-order valence-corrected chi connectivity index (χ4v) is 2.71. The van der Waals surface area contributed by atoms with Gasteiger partial charge in [-0.25, -0.2) is 14.8 Å². The Morgan fingerprint density at radius 2 is 1.62 bits per heavy atom. The molecule has 12 heteroatoms. The van der Waals surface area contributed by atoms with Crippen molar-refractivity contribution < 1.29 is 27.5 Å². The second-order valence-corrected chi connectivity index (χ2v) is 6.63. The van der Waals surface area contributed by atoms with E-state index in [0.29, 0.717) is 11.4 Å². The van der Waals surface area contributed by atoms with Crippen LogP contribution < -0.4 is 20.7 Å². The van der Waals surface area contributed by atoms with Crippen molar-refractivity contribution in [3.8, 4) is 11.6 Å². The van der Waals surface area contributed by atoms with Crippen molar-refractivity contribution in [2.45, 2.75) is 6.18 Å². The Kier molecular flexibility index (Phi) is 6.79. The number of alkyl halides is 3. The number of benzene rings is 2. The number of carbonyl (C=O) groups excluding carboxylic acids is 2. The maximum absolute atomic E-state index is 12.9. The molecule has 0 spiro atoms. The first kappa shape index (κ1) is 22.8. The van der Waals surface area contributed by atoms with Crippen molar-refractivity contribution in [1.29, 1.82) is 0 Å². The smallest absolute Gasteiger partial charge is 0.417 e. The summed E-state index contributed by atoms with van der Waals surface area (Å²) in [5.74, 6) is 0.108. The molecule has 0 aliphatic rings. The van der Waals surface area contributed by atoms with Crippen molar-refractivity contribution in [3.05, 3.63) is 71.1 Å². The molecule has 0 bridgehead atoms. The first-order chi connectivity index (χ1) is 15.2. The Hall–Kier alpha value is -3.86. The maximum atomic E-state index is 12.9. The van der Waals surface area contributed by atoms with Gasteiger partial charge in [0.2, 0.25) is 5.88 Å². The molecule has 8 nitrogen and oxygen atoms in total. The Labute approximate surface area is 184 Å². The van der Waals surface area contributed by atoms with E-state index in [-0.39, 0.29) is 17.3 Å². The number of halogens is 4. The van der Waals surface area contributed by atoms with Crippen LogP contribution in [0.15, 0.2) is 54.9 Å². The SMILES string of the molecule is CNC(=O)c1cc(Oc2ccc(NC(=O)Nc3ccc(Cl)c(C(F)(F)F)c3)cc2)ncn1. The number of nitrogens with zero attached hydrogens (tertiary/aromatic N) is 2. The summed E-state index contributed by atoms with van der Waals surface area (Å²) in [6, 6.07) is 9.74. The molecule has 3 N–H and O–H groups in total. The Morgan fingerprint density at radius 1 is 0.969 bits per heavy atom. The minimum absolute atomic E-state index is 0.0742. The van der Waals surface area contributed by atoms with Crippen LogP contribution in [-0.2, 0) is 6.18 Å². The highest BCUT2D eigenvalue weighted by molar-refractivity contribution is 6.31. The summed E-state index contributed by atoms with van der Waals surface area (Å²) >= 11 is 5.56. The van der Waals surface area contributed by atoms with Gasteiger partial charge in [0.15, 0.2) is 0 Å². The second kappa shape index (κ2) is 9.52. The van der Waals surface area contributed by atoms with Gasteiger partial charge in [-0.3, -0.25) is 4.79 Å². The van der Waals surface area contributed by atoms with E-state index >= 15 is 0 Å². The molecule has 0 aliphatic carbocycles. The monoisotopic (exact) mass is 465 g/mol. The minimum atomic E-state index is -4.65. The molecule has 0 radical (unpaired) electrons. The highest BCUT2D eigenvalue weighted by atomic mass is 35.5. The van der Waals surface area contributed by atoms with Gasteiger partial charge in [0, 0.05) is 24.5 Å². The molecule has 0 unspecified atom stereocenters. The topological polar surface area (TPSA) is 105 Å². The van der Waals surface area contributed by atoms with Crippen molar-refractivity contribution in [3.63, 3.8) is 0 Å². The van der Waals surface area contributed by atoms with Crippen LogP contribution >= 0.6 is 11.6 Å². The van der Waals surface area contributed by atoms with E-state index in [1.54, 1.807) is 0 Å². The van der Waals surface area contributed by atoms with Crippen LogP contribution in [0.3, 0.4) is 0 Å². The van der Waals surface area contributed by atoms with Gasteiger partial charge in [0.05, 0.1) is 10.6 Å².